The van der Waals surface area contributed by atoms with Crippen LogP contribution in [0, 0.1) is 0 Å². The molecule has 0 aromatic rings. The first-order chi connectivity index (χ1) is 40.0. The highest BCUT2D eigenvalue weighted by atomic mass is 16.6. The van der Waals surface area contributed by atoms with E-state index in [1.165, 1.54) is 199 Å². The van der Waals surface area contributed by atoms with E-state index in [4.69, 9.17) is 14.2 Å². The molecule has 0 aromatic heterocycles. The molecule has 0 aliphatic carbocycles. The molecule has 0 aliphatic rings. The topological polar surface area (TPSA) is 78.9 Å². The first-order valence-electron chi connectivity index (χ1n) is 34.7. The minimum Gasteiger partial charge on any atom is -0.462 e. The van der Waals surface area contributed by atoms with Crippen LogP contribution in [0.3, 0.4) is 0 Å². The van der Waals surface area contributed by atoms with Crippen LogP contribution in [-0.2, 0) is 28.6 Å². The largest absolute Gasteiger partial charge is 0.462 e. The molecule has 0 saturated heterocycles. The van der Waals surface area contributed by atoms with E-state index < -0.39 is 6.10 Å². The van der Waals surface area contributed by atoms with Gasteiger partial charge >= 0.3 is 17.9 Å². The highest BCUT2D eigenvalue weighted by Gasteiger charge is 2.19. The van der Waals surface area contributed by atoms with Crippen LogP contribution in [0.25, 0.3) is 0 Å². The lowest BCUT2D eigenvalue weighted by Gasteiger charge is -2.18. The van der Waals surface area contributed by atoms with E-state index >= 15 is 0 Å². The fourth-order valence-corrected chi connectivity index (χ4v) is 9.85. The second-order valence-electron chi connectivity index (χ2n) is 23.1. The van der Waals surface area contributed by atoms with Gasteiger partial charge in [-0.15, -0.1) is 0 Å². The summed E-state index contributed by atoms with van der Waals surface area (Å²) >= 11 is 0. The standard InChI is InChI=1S/C75H130O6/c1-4-7-10-13-16-19-22-25-28-31-33-35-36-37-38-40-41-44-47-50-53-56-59-62-65-68-74(77)80-71-72(70-79-73(76)67-64-61-58-55-52-49-46-43-30-27-24-21-18-15-12-9-6-3)81-75(78)69-66-63-60-57-54-51-48-45-42-39-34-32-29-26-23-20-17-14-11-8-5-2/h7,10,16,18-19,21,23,25-28,30,32-35,72H,4-6,8-9,11-15,17,20,22,24,29,31,36-71H2,1-3H3/b10-7-,19-16-,21-18-,26-23-,28-25-,30-27-,34-32-,35-33-. The lowest BCUT2D eigenvalue weighted by Crippen LogP contribution is -2.30. The van der Waals surface area contributed by atoms with Crippen molar-refractivity contribution in [3.8, 4) is 0 Å². The number of hydrogen-bond acceptors (Lipinski definition) is 6. The van der Waals surface area contributed by atoms with Crippen LogP contribution in [0.1, 0.15) is 342 Å². The number of esters is 3. The molecule has 466 valence electrons. The molecule has 0 N–H and O–H groups in total. The first kappa shape index (κ1) is 77.3. The average molecular weight is 1130 g/mol. The van der Waals surface area contributed by atoms with Crippen molar-refractivity contribution in [3.05, 3.63) is 97.2 Å². The van der Waals surface area contributed by atoms with Gasteiger partial charge in [0.25, 0.3) is 0 Å². The Balaban J connectivity index is 4.36. The maximum absolute atomic E-state index is 13.0. The summed E-state index contributed by atoms with van der Waals surface area (Å²) in [5.41, 5.74) is 0. The molecule has 1 unspecified atom stereocenters. The molecule has 0 aromatic carbocycles. The molecule has 0 saturated carbocycles. The molecular formula is C75H130O6. The summed E-state index contributed by atoms with van der Waals surface area (Å²) in [5.74, 6) is -0.880. The Morgan fingerprint density at radius 3 is 0.778 bits per heavy atom. The summed E-state index contributed by atoms with van der Waals surface area (Å²) in [6, 6.07) is 0. The molecule has 81 heavy (non-hydrogen) atoms. The van der Waals surface area contributed by atoms with Gasteiger partial charge in [0, 0.05) is 19.3 Å². The lowest BCUT2D eigenvalue weighted by atomic mass is 10.0. The third-order valence-electron chi connectivity index (χ3n) is 15.0. The van der Waals surface area contributed by atoms with Crippen LogP contribution in [0.5, 0.6) is 0 Å². The molecule has 6 heteroatoms. The van der Waals surface area contributed by atoms with Crippen molar-refractivity contribution in [2.75, 3.05) is 13.2 Å². The van der Waals surface area contributed by atoms with Gasteiger partial charge in [0.2, 0.25) is 0 Å². The Hall–Kier alpha value is -3.67. The minimum atomic E-state index is -0.787. The van der Waals surface area contributed by atoms with E-state index in [0.717, 1.165) is 103 Å². The summed E-state index contributed by atoms with van der Waals surface area (Å²) in [7, 11) is 0. The summed E-state index contributed by atoms with van der Waals surface area (Å²) in [5, 5.41) is 0. The SMILES string of the molecule is CC/C=C\C/C=C\C/C=C\C/C=C\CCCCCCCCCCCCCCC(=O)OCC(COC(=O)CCCCCCCCC/C=C\C/C=C\CCCCC)OC(=O)CCCCCCCCCCC/C=C\C/C=C\CCCCCCC. The molecule has 0 aliphatic heterocycles. The quantitative estimate of drug-likeness (QED) is 0.0261. The normalized spacial score (nSPS) is 12.7. The van der Waals surface area contributed by atoms with Gasteiger partial charge in [-0.3, -0.25) is 14.4 Å². The smallest absolute Gasteiger partial charge is 0.306 e. The molecule has 0 amide bonds. The van der Waals surface area contributed by atoms with Crippen LogP contribution < -0.4 is 0 Å². The van der Waals surface area contributed by atoms with Gasteiger partial charge in [-0.25, -0.2) is 0 Å². The molecule has 6 nitrogen and oxygen atoms in total. The maximum Gasteiger partial charge on any atom is 0.306 e. The maximum atomic E-state index is 13.0. The molecule has 0 radical (unpaired) electrons. The van der Waals surface area contributed by atoms with Crippen molar-refractivity contribution >= 4 is 17.9 Å². The fraction of sp³-hybridized carbons (Fsp3) is 0.747. The van der Waals surface area contributed by atoms with Crippen LogP contribution in [0.4, 0.5) is 0 Å². The van der Waals surface area contributed by atoms with Crippen molar-refractivity contribution < 1.29 is 28.6 Å². The van der Waals surface area contributed by atoms with Gasteiger partial charge in [0.05, 0.1) is 0 Å². The molecule has 0 rings (SSSR count). The average Bonchev–Trinajstić information content (AvgIpc) is 3.47. The number of carbonyl (C=O) groups excluding carboxylic acids is 3. The summed E-state index contributed by atoms with van der Waals surface area (Å²) < 4.78 is 17.0. The van der Waals surface area contributed by atoms with Crippen molar-refractivity contribution in [2.24, 2.45) is 0 Å². The van der Waals surface area contributed by atoms with Crippen molar-refractivity contribution in [1.29, 1.82) is 0 Å². The first-order valence-corrected chi connectivity index (χ1v) is 34.7. The molecule has 0 heterocycles. The zero-order chi connectivity index (χ0) is 58.5. The van der Waals surface area contributed by atoms with E-state index in [2.05, 4.69) is 118 Å². The Labute approximate surface area is 502 Å². The fourth-order valence-electron chi connectivity index (χ4n) is 9.85. The van der Waals surface area contributed by atoms with Crippen molar-refractivity contribution in [3.63, 3.8) is 0 Å². The highest BCUT2D eigenvalue weighted by Crippen LogP contribution is 2.17. The zero-order valence-corrected chi connectivity index (χ0v) is 53.5. The van der Waals surface area contributed by atoms with E-state index in [-0.39, 0.29) is 31.1 Å². The van der Waals surface area contributed by atoms with Gasteiger partial charge < -0.3 is 14.2 Å². The number of allylic oxidation sites excluding steroid dienone is 16. The molecule has 0 bridgehead atoms. The van der Waals surface area contributed by atoms with Gasteiger partial charge in [0.1, 0.15) is 13.2 Å². The third kappa shape index (κ3) is 67.0. The Morgan fingerprint density at radius 1 is 0.259 bits per heavy atom. The second-order valence-corrected chi connectivity index (χ2v) is 23.1. The van der Waals surface area contributed by atoms with Crippen LogP contribution in [0.15, 0.2) is 97.2 Å². The van der Waals surface area contributed by atoms with E-state index in [1.54, 1.807) is 0 Å². The summed E-state index contributed by atoms with van der Waals surface area (Å²) in [6.07, 6.45) is 92.7. The van der Waals surface area contributed by atoms with E-state index in [9.17, 15) is 14.4 Å². The van der Waals surface area contributed by atoms with Gasteiger partial charge in [-0.1, -0.05) is 298 Å². The van der Waals surface area contributed by atoms with Gasteiger partial charge in [-0.05, 0) is 122 Å². The van der Waals surface area contributed by atoms with Crippen LogP contribution in [-0.4, -0.2) is 37.2 Å². The predicted molar refractivity (Wildman–Crippen MR) is 353 cm³/mol. The third-order valence-corrected chi connectivity index (χ3v) is 15.0. The van der Waals surface area contributed by atoms with Crippen molar-refractivity contribution in [1.82, 2.24) is 0 Å². The van der Waals surface area contributed by atoms with E-state index in [0.29, 0.717) is 19.3 Å². The second kappa shape index (κ2) is 68.8. The monoisotopic (exact) mass is 1130 g/mol. The zero-order valence-electron chi connectivity index (χ0n) is 53.5. The van der Waals surface area contributed by atoms with Crippen LogP contribution in [0.2, 0.25) is 0 Å². The minimum absolute atomic E-state index is 0.0813. The number of unbranched alkanes of at least 4 members (excludes halogenated alkanes) is 36. The van der Waals surface area contributed by atoms with Gasteiger partial charge in [-0.2, -0.15) is 0 Å². The number of hydrogen-bond donors (Lipinski definition) is 0. The predicted octanol–water partition coefficient (Wildman–Crippen LogP) is 24.0. The Kier molecular flexibility index (Phi) is 65.7. The molecule has 0 spiro atoms. The van der Waals surface area contributed by atoms with Crippen LogP contribution >= 0.6 is 0 Å². The van der Waals surface area contributed by atoms with Crippen molar-refractivity contribution in [2.45, 2.75) is 348 Å². The molecular weight excluding hydrogens is 997 g/mol. The Bertz CT molecular complexity index is 1580. The number of ether oxygens (including phenoxy) is 3. The lowest BCUT2D eigenvalue weighted by molar-refractivity contribution is -0.167. The number of carbonyl (C=O) groups is 3. The highest BCUT2D eigenvalue weighted by molar-refractivity contribution is 5.71. The van der Waals surface area contributed by atoms with E-state index in [1.807, 2.05) is 0 Å². The number of rotatable bonds is 63. The summed E-state index contributed by atoms with van der Waals surface area (Å²) in [4.78, 5) is 38.5. The molecule has 1 atom stereocenters. The Morgan fingerprint density at radius 2 is 0.481 bits per heavy atom. The summed E-state index contributed by atoms with van der Waals surface area (Å²) in [6.45, 7) is 6.52. The van der Waals surface area contributed by atoms with Gasteiger partial charge in [0.15, 0.2) is 6.10 Å². The molecule has 0 fully saturated rings.